The third kappa shape index (κ3) is 4.24. The van der Waals surface area contributed by atoms with Crippen molar-refractivity contribution in [3.63, 3.8) is 0 Å². The molecule has 0 atom stereocenters. The maximum absolute atomic E-state index is 6.93. The molecule has 0 bridgehead atoms. The van der Waals surface area contributed by atoms with Crippen molar-refractivity contribution in [2.75, 3.05) is 0 Å². The van der Waals surface area contributed by atoms with Crippen LogP contribution in [0.2, 0.25) is 0 Å². The topological polar surface area (TPSA) is 65.0 Å². The Balaban J connectivity index is 1.24. The molecule has 0 spiro atoms. The van der Waals surface area contributed by atoms with E-state index in [1.54, 1.807) is 0 Å². The maximum Gasteiger partial charge on any atom is 0.164 e. The predicted molar refractivity (Wildman–Crippen MR) is 221 cm³/mol. The molecule has 3 aromatic heterocycles. The summed E-state index contributed by atoms with van der Waals surface area (Å²) < 4.78 is 13.3. The lowest BCUT2D eigenvalue weighted by atomic mass is 9.94. The molecule has 54 heavy (non-hydrogen) atoms. The average molecular weight is 690 g/mol. The Morgan fingerprint density at radius 2 is 0.907 bits per heavy atom. The highest BCUT2D eigenvalue weighted by Gasteiger charge is 2.24. The summed E-state index contributed by atoms with van der Waals surface area (Å²) in [6, 6.07) is 56.8. The van der Waals surface area contributed by atoms with Crippen LogP contribution in [-0.4, -0.2) is 15.0 Å². The van der Waals surface area contributed by atoms with Gasteiger partial charge in [-0.05, 0) is 68.0 Å². The average Bonchev–Trinajstić information content (AvgIpc) is 3.82. The molecule has 12 rings (SSSR count). The summed E-state index contributed by atoms with van der Waals surface area (Å²) in [6.45, 7) is 0. The van der Waals surface area contributed by atoms with Crippen LogP contribution in [0.3, 0.4) is 0 Å². The lowest BCUT2D eigenvalue weighted by Gasteiger charge is -2.12. The van der Waals surface area contributed by atoms with Crippen molar-refractivity contribution in [1.82, 2.24) is 15.0 Å². The first-order chi connectivity index (χ1) is 26.7. The molecule has 5 heteroatoms. The van der Waals surface area contributed by atoms with Crippen LogP contribution in [0.4, 0.5) is 0 Å². The summed E-state index contributed by atoms with van der Waals surface area (Å²) in [5.74, 6) is 1.74. The molecule has 0 N–H and O–H groups in total. The van der Waals surface area contributed by atoms with Crippen LogP contribution in [0, 0.1) is 0 Å². The Bertz CT molecular complexity index is 3520. The van der Waals surface area contributed by atoms with Crippen LogP contribution in [-0.2, 0) is 0 Å². The van der Waals surface area contributed by atoms with Gasteiger partial charge in [0, 0.05) is 43.6 Å². The van der Waals surface area contributed by atoms with Gasteiger partial charge in [-0.15, -0.1) is 0 Å². The molecule has 0 aliphatic carbocycles. The fraction of sp³-hybridized carbons (Fsp3) is 0. The fourth-order valence-corrected chi connectivity index (χ4v) is 8.40. The van der Waals surface area contributed by atoms with E-state index >= 15 is 0 Å². The van der Waals surface area contributed by atoms with Gasteiger partial charge in [-0.3, -0.25) is 0 Å². The molecular weight excluding hydrogens is 663 g/mol. The second-order valence-electron chi connectivity index (χ2n) is 13.9. The van der Waals surface area contributed by atoms with Gasteiger partial charge >= 0.3 is 0 Å². The zero-order chi connectivity index (χ0) is 35.3. The van der Waals surface area contributed by atoms with Crippen LogP contribution >= 0.6 is 0 Å². The third-order valence-corrected chi connectivity index (χ3v) is 10.9. The number of rotatable bonds is 3. The van der Waals surface area contributed by atoms with E-state index in [4.69, 9.17) is 23.8 Å². The van der Waals surface area contributed by atoms with E-state index in [0.29, 0.717) is 17.5 Å². The van der Waals surface area contributed by atoms with E-state index in [-0.39, 0.29) is 0 Å². The number of hydrogen-bond acceptors (Lipinski definition) is 5. The summed E-state index contributed by atoms with van der Waals surface area (Å²) in [5, 5.41) is 13.0. The first-order valence-electron chi connectivity index (χ1n) is 18.1. The van der Waals surface area contributed by atoms with Gasteiger partial charge in [-0.2, -0.15) is 0 Å². The van der Waals surface area contributed by atoms with Gasteiger partial charge in [0.2, 0.25) is 0 Å². The van der Waals surface area contributed by atoms with Crippen LogP contribution in [0.15, 0.2) is 173 Å². The van der Waals surface area contributed by atoms with E-state index in [0.717, 1.165) is 104 Å². The molecule has 250 valence electrons. The standard InChI is InChI=1S/C49H27N3O2/c1-2-13-31-26-33(23-20-28(31)10-1)47-50-48(37-17-9-19-40-43(37)36-16-7-8-18-39(36)53-40)52-49(51-47)38-27-32-22-21-29-11-3-5-14-34(29)42(32)46-45(38)44-35-15-6-4-12-30(35)24-25-41(44)54-46/h1-27H. The van der Waals surface area contributed by atoms with Crippen molar-refractivity contribution in [3.8, 4) is 34.2 Å². The molecule has 0 radical (unpaired) electrons. The number of hydrogen-bond donors (Lipinski definition) is 0. The highest BCUT2D eigenvalue weighted by atomic mass is 16.3. The van der Waals surface area contributed by atoms with Crippen molar-refractivity contribution in [1.29, 1.82) is 0 Å². The van der Waals surface area contributed by atoms with Crippen LogP contribution in [0.25, 0.3) is 121 Å². The van der Waals surface area contributed by atoms with Gasteiger partial charge in [0.15, 0.2) is 17.5 Å². The minimum absolute atomic E-state index is 0.573. The van der Waals surface area contributed by atoms with Crippen LogP contribution in [0.1, 0.15) is 0 Å². The Kier molecular flexibility index (Phi) is 5.99. The Morgan fingerprint density at radius 3 is 1.74 bits per heavy atom. The highest BCUT2D eigenvalue weighted by Crippen LogP contribution is 2.45. The minimum Gasteiger partial charge on any atom is -0.456 e. The molecule has 3 heterocycles. The van der Waals surface area contributed by atoms with E-state index in [1.807, 2.05) is 30.3 Å². The summed E-state index contributed by atoms with van der Waals surface area (Å²) >= 11 is 0. The summed E-state index contributed by atoms with van der Waals surface area (Å²) in [5.41, 5.74) is 5.94. The van der Waals surface area contributed by atoms with E-state index in [9.17, 15) is 0 Å². The zero-order valence-electron chi connectivity index (χ0n) is 28.7. The molecule has 9 aromatic carbocycles. The number of furan rings is 2. The number of nitrogens with zero attached hydrogens (tertiary/aromatic N) is 3. The lowest BCUT2D eigenvalue weighted by Crippen LogP contribution is -2.01. The van der Waals surface area contributed by atoms with Crippen molar-refractivity contribution in [3.05, 3.63) is 164 Å². The number of benzene rings is 9. The first kappa shape index (κ1) is 29.2. The van der Waals surface area contributed by atoms with Gasteiger partial charge in [0.05, 0.1) is 0 Å². The molecule has 0 aliphatic rings. The van der Waals surface area contributed by atoms with Crippen molar-refractivity contribution < 1.29 is 8.83 Å². The van der Waals surface area contributed by atoms with Gasteiger partial charge in [-0.1, -0.05) is 133 Å². The maximum atomic E-state index is 6.93. The van der Waals surface area contributed by atoms with Gasteiger partial charge < -0.3 is 8.83 Å². The summed E-state index contributed by atoms with van der Waals surface area (Å²) in [7, 11) is 0. The molecule has 0 unspecified atom stereocenters. The van der Waals surface area contributed by atoms with E-state index in [2.05, 4.69) is 133 Å². The monoisotopic (exact) mass is 689 g/mol. The third-order valence-electron chi connectivity index (χ3n) is 10.9. The molecule has 0 aliphatic heterocycles. The quantitative estimate of drug-likeness (QED) is 0.173. The molecule has 0 amide bonds. The molecular formula is C49H27N3O2. The van der Waals surface area contributed by atoms with E-state index in [1.165, 1.54) is 0 Å². The van der Waals surface area contributed by atoms with Crippen LogP contribution in [0.5, 0.6) is 0 Å². The van der Waals surface area contributed by atoms with Gasteiger partial charge in [0.25, 0.3) is 0 Å². The second kappa shape index (κ2) is 11.1. The fourth-order valence-electron chi connectivity index (χ4n) is 8.40. The molecule has 5 nitrogen and oxygen atoms in total. The minimum atomic E-state index is 0.573. The normalized spacial score (nSPS) is 12.1. The Morgan fingerprint density at radius 1 is 0.315 bits per heavy atom. The first-order valence-corrected chi connectivity index (χ1v) is 18.1. The summed E-state index contributed by atoms with van der Waals surface area (Å²) in [4.78, 5) is 16.0. The Hall–Kier alpha value is -7.37. The molecule has 12 aromatic rings. The van der Waals surface area contributed by atoms with Crippen molar-refractivity contribution in [2.45, 2.75) is 0 Å². The number of aromatic nitrogens is 3. The van der Waals surface area contributed by atoms with Crippen LogP contribution < -0.4 is 0 Å². The second-order valence-corrected chi connectivity index (χ2v) is 13.9. The largest absolute Gasteiger partial charge is 0.456 e. The molecule has 0 fully saturated rings. The van der Waals surface area contributed by atoms with E-state index < -0.39 is 0 Å². The highest BCUT2D eigenvalue weighted by molar-refractivity contribution is 6.30. The molecule has 0 saturated heterocycles. The van der Waals surface area contributed by atoms with Gasteiger partial charge in [0.1, 0.15) is 22.3 Å². The lowest BCUT2D eigenvalue weighted by molar-refractivity contribution is 0.669. The Labute approximate surface area is 307 Å². The molecule has 0 saturated carbocycles. The van der Waals surface area contributed by atoms with Crippen molar-refractivity contribution in [2.24, 2.45) is 0 Å². The van der Waals surface area contributed by atoms with Gasteiger partial charge in [-0.25, -0.2) is 15.0 Å². The smallest absolute Gasteiger partial charge is 0.164 e. The SMILES string of the molecule is c1ccc2cc(-c3nc(-c4cccc5oc6ccccc6c45)nc(-c4cc5ccc6ccccc6c5c5oc6ccc7ccccc7c6c45)n3)ccc2c1. The number of fused-ring (bicyclic) bond motifs is 13. The predicted octanol–water partition coefficient (Wildman–Crippen LogP) is 13.3. The number of para-hydroxylation sites is 1. The van der Waals surface area contributed by atoms with Crippen molar-refractivity contribution >= 4 is 87.0 Å². The summed E-state index contributed by atoms with van der Waals surface area (Å²) in [6.07, 6.45) is 0. The zero-order valence-corrected chi connectivity index (χ0v) is 28.7.